The molecule has 90 valence electrons. The monoisotopic (exact) mass is 239 g/mol. The molecule has 0 amide bonds. The van der Waals surface area contributed by atoms with Crippen LogP contribution in [0.3, 0.4) is 0 Å². The number of nitrogens with one attached hydrogen (secondary N) is 1. The SMILES string of the molecule is Cc1cc(C#N)nc(NCCc2ccccn2)n1. The zero-order valence-corrected chi connectivity index (χ0v) is 10.1. The molecule has 0 aromatic carbocycles. The number of anilines is 1. The summed E-state index contributed by atoms with van der Waals surface area (Å²) < 4.78 is 0. The maximum Gasteiger partial charge on any atom is 0.224 e. The molecule has 2 heterocycles. The standard InChI is InChI=1S/C13H13N5/c1-10-8-12(9-14)18-13(17-10)16-7-5-11-4-2-3-6-15-11/h2-4,6,8H,5,7H2,1H3,(H,16,17,18). The minimum absolute atomic E-state index is 0.378. The summed E-state index contributed by atoms with van der Waals surface area (Å²) in [5.74, 6) is 0.488. The van der Waals surface area contributed by atoms with E-state index in [9.17, 15) is 0 Å². The van der Waals surface area contributed by atoms with Crippen molar-refractivity contribution in [3.8, 4) is 6.07 Å². The van der Waals surface area contributed by atoms with Gasteiger partial charge in [-0.05, 0) is 25.1 Å². The average Bonchev–Trinajstić information content (AvgIpc) is 2.39. The second-order valence-electron chi connectivity index (χ2n) is 3.83. The van der Waals surface area contributed by atoms with Crippen LogP contribution in [-0.2, 0) is 6.42 Å². The summed E-state index contributed by atoms with van der Waals surface area (Å²) >= 11 is 0. The van der Waals surface area contributed by atoms with Gasteiger partial charge in [-0.3, -0.25) is 4.98 Å². The summed E-state index contributed by atoms with van der Waals surface area (Å²) in [4.78, 5) is 12.5. The van der Waals surface area contributed by atoms with Crippen LogP contribution in [0, 0.1) is 18.3 Å². The van der Waals surface area contributed by atoms with Gasteiger partial charge in [0.25, 0.3) is 0 Å². The zero-order valence-electron chi connectivity index (χ0n) is 10.1. The first-order chi connectivity index (χ1) is 8.78. The van der Waals surface area contributed by atoms with Crippen molar-refractivity contribution in [2.75, 3.05) is 11.9 Å². The van der Waals surface area contributed by atoms with Crippen molar-refractivity contribution >= 4 is 5.95 Å². The highest BCUT2D eigenvalue weighted by Crippen LogP contribution is 2.04. The summed E-state index contributed by atoms with van der Waals surface area (Å²) in [7, 11) is 0. The van der Waals surface area contributed by atoms with Crippen molar-refractivity contribution in [3.63, 3.8) is 0 Å². The lowest BCUT2D eigenvalue weighted by Gasteiger charge is -2.05. The van der Waals surface area contributed by atoms with Gasteiger partial charge in [-0.25, -0.2) is 9.97 Å². The lowest BCUT2D eigenvalue weighted by atomic mass is 10.3. The number of aryl methyl sites for hydroxylation is 1. The molecule has 0 fully saturated rings. The Morgan fingerprint density at radius 1 is 1.33 bits per heavy atom. The van der Waals surface area contributed by atoms with Crippen molar-refractivity contribution in [1.29, 1.82) is 5.26 Å². The molecule has 0 aliphatic rings. The maximum absolute atomic E-state index is 8.81. The Morgan fingerprint density at radius 3 is 2.94 bits per heavy atom. The Balaban J connectivity index is 1.95. The fourth-order valence-corrected chi connectivity index (χ4v) is 1.55. The second kappa shape index (κ2) is 5.73. The molecule has 18 heavy (non-hydrogen) atoms. The van der Waals surface area contributed by atoms with Gasteiger partial charge in [0.15, 0.2) is 0 Å². The van der Waals surface area contributed by atoms with Gasteiger partial charge in [-0.15, -0.1) is 0 Å². The van der Waals surface area contributed by atoms with Crippen molar-refractivity contribution in [2.45, 2.75) is 13.3 Å². The van der Waals surface area contributed by atoms with E-state index in [0.29, 0.717) is 18.2 Å². The van der Waals surface area contributed by atoms with Gasteiger partial charge >= 0.3 is 0 Å². The highest BCUT2D eigenvalue weighted by atomic mass is 15.1. The van der Waals surface area contributed by atoms with Gasteiger partial charge in [0, 0.05) is 30.6 Å². The lowest BCUT2D eigenvalue weighted by Crippen LogP contribution is -2.09. The molecule has 2 rings (SSSR count). The van der Waals surface area contributed by atoms with Crippen LogP contribution in [0.2, 0.25) is 0 Å². The van der Waals surface area contributed by atoms with Gasteiger partial charge < -0.3 is 5.32 Å². The van der Waals surface area contributed by atoms with E-state index >= 15 is 0 Å². The normalized spacial score (nSPS) is 9.78. The Kier molecular flexibility index (Phi) is 3.82. The molecule has 0 aliphatic carbocycles. The van der Waals surface area contributed by atoms with E-state index in [0.717, 1.165) is 17.8 Å². The number of rotatable bonds is 4. The quantitative estimate of drug-likeness (QED) is 0.879. The van der Waals surface area contributed by atoms with Crippen LogP contribution in [0.5, 0.6) is 0 Å². The Bertz CT molecular complexity index is 559. The van der Waals surface area contributed by atoms with E-state index in [1.54, 1.807) is 12.3 Å². The van der Waals surface area contributed by atoms with Crippen LogP contribution in [0.15, 0.2) is 30.5 Å². The highest BCUT2D eigenvalue weighted by molar-refractivity contribution is 5.33. The molecule has 5 nitrogen and oxygen atoms in total. The van der Waals surface area contributed by atoms with E-state index < -0.39 is 0 Å². The molecule has 2 aromatic heterocycles. The van der Waals surface area contributed by atoms with Crippen molar-refractivity contribution in [3.05, 3.63) is 47.5 Å². The molecule has 0 radical (unpaired) electrons. The predicted octanol–water partition coefficient (Wildman–Crippen LogP) is 1.71. The Labute approximate surface area is 106 Å². The smallest absolute Gasteiger partial charge is 0.224 e. The molecule has 0 aliphatic heterocycles. The van der Waals surface area contributed by atoms with Gasteiger partial charge in [-0.1, -0.05) is 6.07 Å². The van der Waals surface area contributed by atoms with Crippen LogP contribution in [0.1, 0.15) is 17.1 Å². The predicted molar refractivity (Wildman–Crippen MR) is 67.9 cm³/mol. The third-order valence-corrected chi connectivity index (χ3v) is 2.36. The molecule has 5 heteroatoms. The fourth-order valence-electron chi connectivity index (χ4n) is 1.55. The molecule has 0 saturated carbocycles. The van der Waals surface area contributed by atoms with Gasteiger partial charge in [-0.2, -0.15) is 5.26 Å². The maximum atomic E-state index is 8.81. The average molecular weight is 239 g/mol. The van der Waals surface area contributed by atoms with Crippen LogP contribution < -0.4 is 5.32 Å². The van der Waals surface area contributed by atoms with E-state index in [-0.39, 0.29) is 0 Å². The molecule has 1 N–H and O–H groups in total. The zero-order chi connectivity index (χ0) is 12.8. The lowest BCUT2D eigenvalue weighted by molar-refractivity contribution is 0.934. The third kappa shape index (κ3) is 3.25. The van der Waals surface area contributed by atoms with Crippen LogP contribution in [0.25, 0.3) is 0 Å². The van der Waals surface area contributed by atoms with E-state index in [2.05, 4.69) is 20.3 Å². The number of pyridine rings is 1. The van der Waals surface area contributed by atoms with E-state index in [4.69, 9.17) is 5.26 Å². The summed E-state index contributed by atoms with van der Waals surface area (Å²) in [5.41, 5.74) is 2.17. The van der Waals surface area contributed by atoms with Crippen molar-refractivity contribution < 1.29 is 0 Å². The molecule has 0 bridgehead atoms. The first kappa shape index (κ1) is 12.0. The summed E-state index contributed by atoms with van der Waals surface area (Å²) in [6, 6.07) is 9.49. The molecule has 0 saturated heterocycles. The van der Waals surface area contributed by atoms with Crippen LogP contribution in [-0.4, -0.2) is 21.5 Å². The third-order valence-electron chi connectivity index (χ3n) is 2.36. The van der Waals surface area contributed by atoms with Gasteiger partial charge in [0.2, 0.25) is 5.95 Å². The highest BCUT2D eigenvalue weighted by Gasteiger charge is 2.01. The second-order valence-corrected chi connectivity index (χ2v) is 3.83. The largest absolute Gasteiger partial charge is 0.354 e. The number of aromatic nitrogens is 3. The first-order valence-electron chi connectivity index (χ1n) is 5.67. The summed E-state index contributed by atoms with van der Waals surface area (Å²) in [6.07, 6.45) is 2.56. The number of hydrogen-bond acceptors (Lipinski definition) is 5. The Morgan fingerprint density at radius 2 is 2.22 bits per heavy atom. The molecule has 2 aromatic rings. The molecule has 0 atom stereocenters. The topological polar surface area (TPSA) is 74.5 Å². The van der Waals surface area contributed by atoms with Gasteiger partial charge in [0.1, 0.15) is 11.8 Å². The first-order valence-corrected chi connectivity index (χ1v) is 5.67. The van der Waals surface area contributed by atoms with Crippen molar-refractivity contribution in [1.82, 2.24) is 15.0 Å². The van der Waals surface area contributed by atoms with Crippen LogP contribution >= 0.6 is 0 Å². The molecular weight excluding hydrogens is 226 g/mol. The number of nitriles is 1. The number of hydrogen-bond donors (Lipinski definition) is 1. The molecular formula is C13H13N5. The number of nitrogens with zero attached hydrogens (tertiary/aromatic N) is 4. The van der Waals surface area contributed by atoms with E-state index in [1.165, 1.54) is 0 Å². The minimum atomic E-state index is 0.378. The minimum Gasteiger partial charge on any atom is -0.354 e. The Hall–Kier alpha value is -2.48. The van der Waals surface area contributed by atoms with Crippen molar-refractivity contribution in [2.24, 2.45) is 0 Å². The van der Waals surface area contributed by atoms with Gasteiger partial charge in [0.05, 0.1) is 0 Å². The molecule has 0 spiro atoms. The summed E-state index contributed by atoms with van der Waals surface area (Å²) in [5, 5.41) is 11.9. The fraction of sp³-hybridized carbons (Fsp3) is 0.231. The van der Waals surface area contributed by atoms with E-state index in [1.807, 2.05) is 31.2 Å². The van der Waals surface area contributed by atoms with Crippen LogP contribution in [0.4, 0.5) is 5.95 Å². The summed E-state index contributed by atoms with van der Waals surface area (Å²) in [6.45, 7) is 2.53. The molecule has 0 unspecified atom stereocenters.